The standard InChI is InChI=1S/C23H35N3O/c1-17-9-2-4-12-19(17)24-23(25-20-13-5-7-15-22(20)27)26-16-8-11-18-10-3-6-14-21(18)26/h5,7,13,15,17-19,21,27H,2-4,6,8-12,14,16H2,1H3,(H,24,25). The van der Waals surface area contributed by atoms with Crippen LogP contribution in [-0.2, 0) is 0 Å². The second-order valence-electron chi connectivity index (χ2n) is 8.87. The van der Waals surface area contributed by atoms with E-state index in [0.29, 0.717) is 23.8 Å². The fraction of sp³-hybridized carbons (Fsp3) is 0.696. The number of nitrogens with one attached hydrogen (secondary N) is 1. The molecule has 2 saturated carbocycles. The molecule has 3 aliphatic rings. The lowest BCUT2D eigenvalue weighted by Crippen LogP contribution is -2.52. The second kappa shape index (κ2) is 8.53. The molecule has 2 aliphatic carbocycles. The van der Waals surface area contributed by atoms with Crippen molar-refractivity contribution in [3.8, 4) is 5.75 Å². The fourth-order valence-corrected chi connectivity index (χ4v) is 5.41. The number of fused-ring (bicyclic) bond motifs is 1. The van der Waals surface area contributed by atoms with Gasteiger partial charge in [0.1, 0.15) is 5.75 Å². The van der Waals surface area contributed by atoms with Crippen LogP contribution in [0.15, 0.2) is 29.3 Å². The van der Waals surface area contributed by atoms with Crippen LogP contribution < -0.4 is 5.32 Å². The molecule has 0 radical (unpaired) electrons. The highest BCUT2D eigenvalue weighted by atomic mass is 16.3. The monoisotopic (exact) mass is 369 g/mol. The van der Waals surface area contributed by atoms with Crippen LogP contribution in [0.2, 0.25) is 0 Å². The lowest BCUT2D eigenvalue weighted by atomic mass is 9.78. The van der Waals surface area contributed by atoms with Crippen molar-refractivity contribution in [2.45, 2.75) is 83.2 Å². The van der Waals surface area contributed by atoms with Gasteiger partial charge in [0.25, 0.3) is 0 Å². The summed E-state index contributed by atoms with van der Waals surface area (Å²) in [6.45, 7) is 3.44. The molecule has 1 aliphatic heterocycles. The number of para-hydroxylation sites is 2. The summed E-state index contributed by atoms with van der Waals surface area (Å²) in [4.78, 5) is 7.84. The number of aromatic hydroxyl groups is 1. The highest BCUT2D eigenvalue weighted by Crippen LogP contribution is 2.36. The second-order valence-corrected chi connectivity index (χ2v) is 8.87. The van der Waals surface area contributed by atoms with Crippen molar-refractivity contribution < 1.29 is 5.11 Å². The number of aliphatic imine (C=N–C) groups is 1. The Kier molecular flexibility index (Phi) is 5.89. The molecular formula is C23H35N3O. The van der Waals surface area contributed by atoms with Gasteiger partial charge in [-0.3, -0.25) is 0 Å². The minimum atomic E-state index is 0.305. The smallest absolute Gasteiger partial charge is 0.199 e. The number of rotatable bonds is 2. The average molecular weight is 370 g/mol. The molecule has 2 N–H and O–H groups in total. The lowest BCUT2D eigenvalue weighted by Gasteiger charge is -2.46. The molecule has 0 amide bonds. The lowest BCUT2D eigenvalue weighted by molar-refractivity contribution is 0.118. The number of piperidine rings is 1. The Morgan fingerprint density at radius 3 is 2.59 bits per heavy atom. The first-order valence-corrected chi connectivity index (χ1v) is 11.1. The van der Waals surface area contributed by atoms with Gasteiger partial charge in [-0.1, -0.05) is 44.7 Å². The first-order chi connectivity index (χ1) is 13.2. The van der Waals surface area contributed by atoms with Crippen LogP contribution in [0.3, 0.4) is 0 Å². The van der Waals surface area contributed by atoms with Gasteiger partial charge >= 0.3 is 0 Å². The minimum Gasteiger partial charge on any atom is -0.506 e. The van der Waals surface area contributed by atoms with Crippen LogP contribution in [0, 0.1) is 11.8 Å². The molecule has 1 aromatic carbocycles. The highest BCUT2D eigenvalue weighted by Gasteiger charge is 2.35. The molecule has 1 heterocycles. The molecule has 1 saturated heterocycles. The van der Waals surface area contributed by atoms with Crippen molar-refractivity contribution in [1.29, 1.82) is 0 Å². The van der Waals surface area contributed by atoms with Crippen LogP contribution in [0.25, 0.3) is 0 Å². The molecule has 1 aromatic rings. The summed E-state index contributed by atoms with van der Waals surface area (Å²) in [5, 5.41) is 13.9. The molecule has 4 heteroatoms. The first-order valence-electron chi connectivity index (χ1n) is 11.1. The van der Waals surface area contributed by atoms with Gasteiger partial charge in [0, 0.05) is 12.6 Å². The first kappa shape index (κ1) is 18.6. The van der Waals surface area contributed by atoms with Gasteiger partial charge in [-0.05, 0) is 62.5 Å². The van der Waals surface area contributed by atoms with Crippen molar-refractivity contribution in [3.05, 3.63) is 24.3 Å². The van der Waals surface area contributed by atoms with E-state index in [0.717, 1.165) is 24.1 Å². The van der Waals surface area contributed by atoms with Crippen molar-refractivity contribution in [1.82, 2.24) is 4.90 Å². The van der Waals surface area contributed by atoms with Gasteiger partial charge in [-0.15, -0.1) is 0 Å². The average Bonchev–Trinajstić information content (AvgIpc) is 2.70. The molecule has 3 fully saturated rings. The van der Waals surface area contributed by atoms with Gasteiger partial charge in [-0.25, -0.2) is 4.99 Å². The Morgan fingerprint density at radius 1 is 1.00 bits per heavy atom. The zero-order chi connectivity index (χ0) is 18.6. The predicted octanol–water partition coefficient (Wildman–Crippen LogP) is 5.39. The van der Waals surface area contributed by atoms with Crippen LogP contribution in [0.1, 0.15) is 71.1 Å². The maximum absolute atomic E-state index is 10.3. The molecule has 4 rings (SSSR count). The van der Waals surface area contributed by atoms with Crippen LogP contribution in [-0.4, -0.2) is 34.6 Å². The third-order valence-electron chi connectivity index (χ3n) is 7.02. The number of phenols is 1. The Morgan fingerprint density at radius 2 is 1.74 bits per heavy atom. The number of likely N-dealkylation sites (tertiary alicyclic amines) is 1. The fourth-order valence-electron chi connectivity index (χ4n) is 5.41. The molecule has 0 bridgehead atoms. The zero-order valence-corrected chi connectivity index (χ0v) is 16.7. The molecule has 4 unspecified atom stereocenters. The third kappa shape index (κ3) is 4.25. The summed E-state index contributed by atoms with van der Waals surface area (Å²) in [5.74, 6) is 2.77. The van der Waals surface area contributed by atoms with E-state index in [9.17, 15) is 5.11 Å². The summed E-state index contributed by atoms with van der Waals surface area (Å²) >= 11 is 0. The van der Waals surface area contributed by atoms with E-state index in [4.69, 9.17) is 4.99 Å². The quantitative estimate of drug-likeness (QED) is 0.417. The van der Waals surface area contributed by atoms with E-state index in [-0.39, 0.29) is 0 Å². The van der Waals surface area contributed by atoms with E-state index in [1.807, 2.05) is 18.2 Å². The Bertz CT molecular complexity index is 657. The van der Waals surface area contributed by atoms with Crippen LogP contribution >= 0.6 is 0 Å². The van der Waals surface area contributed by atoms with Crippen molar-refractivity contribution in [2.24, 2.45) is 16.8 Å². The molecule has 4 nitrogen and oxygen atoms in total. The normalized spacial score (nSPS) is 32.0. The molecule has 27 heavy (non-hydrogen) atoms. The van der Waals surface area contributed by atoms with E-state index >= 15 is 0 Å². The highest BCUT2D eigenvalue weighted by molar-refractivity contribution is 5.95. The van der Waals surface area contributed by atoms with Crippen molar-refractivity contribution >= 4 is 11.6 Å². The molecule has 148 valence electrons. The van der Waals surface area contributed by atoms with Gasteiger partial charge in [0.05, 0.1) is 11.7 Å². The van der Waals surface area contributed by atoms with Gasteiger partial charge in [0.15, 0.2) is 5.96 Å². The maximum atomic E-state index is 10.3. The Balaban J connectivity index is 1.63. The van der Waals surface area contributed by atoms with Crippen molar-refractivity contribution in [3.63, 3.8) is 0 Å². The molecular weight excluding hydrogens is 334 g/mol. The summed E-state index contributed by atoms with van der Waals surface area (Å²) < 4.78 is 0. The number of phenolic OH excluding ortho intramolecular Hbond substituents is 1. The number of nitrogens with zero attached hydrogens (tertiary/aromatic N) is 2. The maximum Gasteiger partial charge on any atom is 0.199 e. The third-order valence-corrected chi connectivity index (χ3v) is 7.02. The number of benzene rings is 1. The Hall–Kier alpha value is -1.71. The molecule has 4 atom stereocenters. The topological polar surface area (TPSA) is 47.9 Å². The largest absolute Gasteiger partial charge is 0.506 e. The van der Waals surface area contributed by atoms with Gasteiger partial charge in [0.2, 0.25) is 0 Å². The summed E-state index contributed by atoms with van der Waals surface area (Å²) in [5.41, 5.74) is 0.776. The van der Waals surface area contributed by atoms with E-state index < -0.39 is 0 Å². The summed E-state index contributed by atoms with van der Waals surface area (Å²) in [6, 6.07) is 8.57. The number of guanidine groups is 1. The Labute approximate surface area is 164 Å². The number of hydrogen-bond acceptors (Lipinski definition) is 2. The zero-order valence-electron chi connectivity index (χ0n) is 16.7. The predicted molar refractivity (Wildman–Crippen MR) is 112 cm³/mol. The SMILES string of the molecule is CC1CCCCC1N=C(Nc1ccccc1O)N1CCCC2CCCCC21. The minimum absolute atomic E-state index is 0.305. The summed E-state index contributed by atoms with van der Waals surface area (Å²) in [7, 11) is 0. The molecule has 0 aromatic heterocycles. The number of anilines is 1. The van der Waals surface area contributed by atoms with Crippen LogP contribution in [0.5, 0.6) is 5.75 Å². The van der Waals surface area contributed by atoms with E-state index in [1.54, 1.807) is 6.07 Å². The molecule has 0 spiro atoms. The van der Waals surface area contributed by atoms with Crippen LogP contribution in [0.4, 0.5) is 5.69 Å². The summed E-state index contributed by atoms with van der Waals surface area (Å²) in [6.07, 6.45) is 13.1. The van der Waals surface area contributed by atoms with E-state index in [1.165, 1.54) is 64.2 Å². The van der Waals surface area contributed by atoms with Gasteiger partial charge in [-0.2, -0.15) is 0 Å². The van der Waals surface area contributed by atoms with Crippen molar-refractivity contribution in [2.75, 3.05) is 11.9 Å². The van der Waals surface area contributed by atoms with E-state index in [2.05, 4.69) is 17.1 Å². The van der Waals surface area contributed by atoms with Gasteiger partial charge < -0.3 is 15.3 Å². The number of hydrogen-bond donors (Lipinski definition) is 2.